The van der Waals surface area contributed by atoms with Gasteiger partial charge in [0.15, 0.2) is 0 Å². The van der Waals surface area contributed by atoms with Crippen molar-refractivity contribution < 1.29 is 0 Å². The summed E-state index contributed by atoms with van der Waals surface area (Å²) in [6, 6.07) is 4.26. The number of nitrogens with zero attached hydrogens (tertiary/aromatic N) is 2. The first-order chi connectivity index (χ1) is 9.81. The average Bonchev–Trinajstić information content (AvgIpc) is 2.50. The SMILES string of the molecule is C=C1C=CC(c2ccc(CN3CCNCC3)cn2)=CN1. The van der Waals surface area contributed by atoms with Gasteiger partial charge in [-0.2, -0.15) is 0 Å². The van der Waals surface area contributed by atoms with Gasteiger partial charge in [-0.15, -0.1) is 0 Å². The number of pyridine rings is 1. The highest BCUT2D eigenvalue weighted by Crippen LogP contribution is 2.17. The van der Waals surface area contributed by atoms with E-state index in [-0.39, 0.29) is 0 Å². The molecule has 3 heterocycles. The van der Waals surface area contributed by atoms with Crippen molar-refractivity contribution in [1.82, 2.24) is 20.5 Å². The molecule has 0 atom stereocenters. The third kappa shape index (κ3) is 3.15. The van der Waals surface area contributed by atoms with E-state index in [4.69, 9.17) is 0 Å². The van der Waals surface area contributed by atoms with Crippen LogP contribution in [0, 0.1) is 0 Å². The molecule has 104 valence electrons. The van der Waals surface area contributed by atoms with Crippen LogP contribution in [0.2, 0.25) is 0 Å². The predicted molar refractivity (Wildman–Crippen MR) is 81.8 cm³/mol. The minimum absolute atomic E-state index is 0.907. The normalized spacial score (nSPS) is 19.6. The first-order valence-corrected chi connectivity index (χ1v) is 7.03. The number of nitrogens with one attached hydrogen (secondary N) is 2. The van der Waals surface area contributed by atoms with Crippen molar-refractivity contribution in [3.63, 3.8) is 0 Å². The summed E-state index contributed by atoms with van der Waals surface area (Å²) in [5.41, 5.74) is 4.26. The summed E-state index contributed by atoms with van der Waals surface area (Å²) in [7, 11) is 0. The van der Waals surface area contributed by atoms with Crippen LogP contribution in [0.25, 0.3) is 5.57 Å². The van der Waals surface area contributed by atoms with Gasteiger partial charge in [0.25, 0.3) is 0 Å². The zero-order valence-corrected chi connectivity index (χ0v) is 11.6. The van der Waals surface area contributed by atoms with Crippen molar-refractivity contribution in [1.29, 1.82) is 0 Å². The third-order valence-electron chi connectivity index (χ3n) is 3.61. The molecule has 0 amide bonds. The second-order valence-electron chi connectivity index (χ2n) is 5.18. The molecule has 2 aliphatic rings. The molecule has 2 N–H and O–H groups in total. The fourth-order valence-electron chi connectivity index (χ4n) is 2.43. The number of hydrogen-bond donors (Lipinski definition) is 2. The molecule has 0 bridgehead atoms. The van der Waals surface area contributed by atoms with Gasteiger partial charge in [-0.1, -0.05) is 12.6 Å². The molecule has 0 saturated carbocycles. The lowest BCUT2D eigenvalue weighted by Crippen LogP contribution is -2.42. The summed E-state index contributed by atoms with van der Waals surface area (Å²) >= 11 is 0. The van der Waals surface area contributed by atoms with Crippen LogP contribution in [-0.2, 0) is 6.54 Å². The Labute approximate surface area is 119 Å². The molecule has 0 spiro atoms. The molecule has 0 unspecified atom stereocenters. The summed E-state index contributed by atoms with van der Waals surface area (Å²) in [5.74, 6) is 0. The first-order valence-electron chi connectivity index (χ1n) is 7.03. The van der Waals surface area contributed by atoms with Gasteiger partial charge in [-0.05, 0) is 23.8 Å². The summed E-state index contributed by atoms with van der Waals surface area (Å²) in [5, 5.41) is 6.48. The van der Waals surface area contributed by atoms with Gasteiger partial charge in [-0.3, -0.25) is 9.88 Å². The van der Waals surface area contributed by atoms with E-state index >= 15 is 0 Å². The number of piperazine rings is 1. The number of rotatable bonds is 3. The average molecular weight is 268 g/mol. The highest BCUT2D eigenvalue weighted by Gasteiger charge is 2.10. The number of hydrogen-bond acceptors (Lipinski definition) is 4. The lowest BCUT2D eigenvalue weighted by Gasteiger charge is -2.27. The first kappa shape index (κ1) is 13.1. The monoisotopic (exact) mass is 268 g/mol. The van der Waals surface area contributed by atoms with E-state index < -0.39 is 0 Å². The van der Waals surface area contributed by atoms with Gasteiger partial charge < -0.3 is 10.6 Å². The van der Waals surface area contributed by atoms with Crippen LogP contribution in [0.4, 0.5) is 0 Å². The Balaban J connectivity index is 1.65. The van der Waals surface area contributed by atoms with Crippen LogP contribution in [0.15, 0.2) is 49.0 Å². The molecule has 20 heavy (non-hydrogen) atoms. The molecule has 1 fully saturated rings. The van der Waals surface area contributed by atoms with Crippen LogP contribution >= 0.6 is 0 Å². The van der Waals surface area contributed by atoms with Gasteiger partial charge in [-0.25, -0.2) is 0 Å². The molecule has 1 aromatic heterocycles. The van der Waals surface area contributed by atoms with Crippen molar-refractivity contribution >= 4 is 5.57 Å². The van der Waals surface area contributed by atoms with Gasteiger partial charge >= 0.3 is 0 Å². The molecular formula is C16H20N4. The van der Waals surface area contributed by atoms with E-state index in [1.165, 1.54) is 5.56 Å². The zero-order valence-electron chi connectivity index (χ0n) is 11.6. The van der Waals surface area contributed by atoms with Gasteiger partial charge in [0.2, 0.25) is 0 Å². The Hall–Kier alpha value is -1.91. The van der Waals surface area contributed by atoms with Crippen LogP contribution in [0.5, 0.6) is 0 Å². The maximum absolute atomic E-state index is 4.56. The Bertz CT molecular complexity index is 536. The van der Waals surface area contributed by atoms with E-state index in [9.17, 15) is 0 Å². The van der Waals surface area contributed by atoms with Crippen LogP contribution < -0.4 is 10.6 Å². The Morgan fingerprint density at radius 3 is 2.70 bits per heavy atom. The van der Waals surface area contributed by atoms with E-state index in [2.05, 4.69) is 39.2 Å². The fourth-order valence-corrected chi connectivity index (χ4v) is 2.43. The lowest BCUT2D eigenvalue weighted by molar-refractivity contribution is 0.233. The Morgan fingerprint density at radius 2 is 2.05 bits per heavy atom. The second-order valence-corrected chi connectivity index (χ2v) is 5.18. The minimum atomic E-state index is 0.907. The number of aromatic nitrogens is 1. The quantitative estimate of drug-likeness (QED) is 0.871. The number of allylic oxidation sites excluding steroid dienone is 3. The molecule has 1 saturated heterocycles. The standard InChI is InChI=1S/C16H20N4/c1-13-2-4-15(11-18-13)16-5-3-14(10-19-16)12-20-8-6-17-7-9-20/h2-5,10-11,17-18H,1,6-9,12H2. The maximum Gasteiger partial charge on any atom is 0.0716 e. The minimum Gasteiger partial charge on any atom is -0.361 e. The molecule has 0 aliphatic carbocycles. The topological polar surface area (TPSA) is 40.2 Å². The van der Waals surface area contributed by atoms with Crippen molar-refractivity contribution in [3.8, 4) is 0 Å². The molecule has 4 nitrogen and oxygen atoms in total. The predicted octanol–water partition coefficient (Wildman–Crippen LogP) is 1.50. The van der Waals surface area contributed by atoms with Gasteiger partial charge in [0.1, 0.15) is 0 Å². The zero-order chi connectivity index (χ0) is 13.8. The Morgan fingerprint density at radius 1 is 1.20 bits per heavy atom. The molecular weight excluding hydrogens is 248 g/mol. The Kier molecular flexibility index (Phi) is 3.95. The van der Waals surface area contributed by atoms with Crippen LogP contribution in [-0.4, -0.2) is 36.1 Å². The molecule has 1 aromatic rings. The van der Waals surface area contributed by atoms with E-state index in [0.29, 0.717) is 0 Å². The highest BCUT2D eigenvalue weighted by atomic mass is 15.2. The molecule has 2 aliphatic heterocycles. The van der Waals surface area contributed by atoms with Gasteiger partial charge in [0, 0.05) is 56.4 Å². The van der Waals surface area contributed by atoms with Crippen molar-refractivity contribution in [2.75, 3.05) is 26.2 Å². The summed E-state index contributed by atoms with van der Waals surface area (Å²) in [6.45, 7) is 9.22. The maximum atomic E-state index is 4.56. The van der Waals surface area contributed by atoms with Crippen molar-refractivity contribution in [3.05, 3.63) is 60.2 Å². The van der Waals surface area contributed by atoms with E-state index in [0.717, 1.165) is 49.7 Å². The van der Waals surface area contributed by atoms with Crippen molar-refractivity contribution in [2.45, 2.75) is 6.54 Å². The van der Waals surface area contributed by atoms with Crippen LogP contribution in [0.1, 0.15) is 11.3 Å². The molecule has 0 aromatic carbocycles. The van der Waals surface area contributed by atoms with Crippen LogP contribution in [0.3, 0.4) is 0 Å². The summed E-state index contributed by atoms with van der Waals surface area (Å²) in [4.78, 5) is 7.02. The summed E-state index contributed by atoms with van der Waals surface area (Å²) < 4.78 is 0. The van der Waals surface area contributed by atoms with Crippen molar-refractivity contribution in [2.24, 2.45) is 0 Å². The van der Waals surface area contributed by atoms with Gasteiger partial charge in [0.05, 0.1) is 5.69 Å². The highest BCUT2D eigenvalue weighted by molar-refractivity contribution is 5.73. The lowest BCUT2D eigenvalue weighted by atomic mass is 10.1. The number of dihydropyridines is 1. The molecule has 3 rings (SSSR count). The smallest absolute Gasteiger partial charge is 0.0716 e. The van der Waals surface area contributed by atoms with E-state index in [1.807, 2.05) is 24.5 Å². The van der Waals surface area contributed by atoms with E-state index in [1.54, 1.807) is 0 Å². The largest absolute Gasteiger partial charge is 0.361 e. The second kappa shape index (κ2) is 6.03. The summed E-state index contributed by atoms with van der Waals surface area (Å²) in [6.07, 6.45) is 7.93. The fraction of sp³-hybridized carbons (Fsp3) is 0.312. The molecule has 4 heteroatoms. The molecule has 0 radical (unpaired) electrons. The third-order valence-corrected chi connectivity index (χ3v) is 3.61.